The molecule has 0 amide bonds. The fourth-order valence-corrected chi connectivity index (χ4v) is 1.81. The fourth-order valence-electron chi connectivity index (χ4n) is 1.81. The molecular formula is C10H10N2O4. The van der Waals surface area contributed by atoms with Gasteiger partial charge in [0, 0.05) is 19.4 Å². The second kappa shape index (κ2) is 3.80. The van der Waals surface area contributed by atoms with Crippen LogP contribution >= 0.6 is 0 Å². The third-order valence-electron chi connectivity index (χ3n) is 2.40. The van der Waals surface area contributed by atoms with Crippen LogP contribution in [-0.4, -0.2) is 17.4 Å². The predicted octanol–water partition coefficient (Wildman–Crippen LogP) is 1.44. The number of fused-ring (bicyclic) bond motifs is 1. The molecule has 0 spiro atoms. The Morgan fingerprint density at radius 2 is 2.31 bits per heavy atom. The van der Waals surface area contributed by atoms with E-state index in [4.69, 9.17) is 4.84 Å². The number of benzene rings is 1. The van der Waals surface area contributed by atoms with E-state index in [1.165, 1.54) is 18.1 Å². The van der Waals surface area contributed by atoms with Gasteiger partial charge in [-0.3, -0.25) is 14.9 Å². The number of hydrogen-bond acceptors (Lipinski definition) is 5. The molecule has 0 unspecified atom stereocenters. The Kier molecular flexibility index (Phi) is 2.47. The van der Waals surface area contributed by atoms with Crippen molar-refractivity contribution in [3.8, 4) is 0 Å². The Balaban J connectivity index is 2.37. The Bertz CT molecular complexity index is 458. The summed E-state index contributed by atoms with van der Waals surface area (Å²) in [4.78, 5) is 26.1. The molecule has 0 radical (unpaired) electrons. The van der Waals surface area contributed by atoms with Gasteiger partial charge in [0.2, 0.25) is 0 Å². The number of hydroxylamine groups is 1. The van der Waals surface area contributed by atoms with E-state index in [0.29, 0.717) is 24.2 Å². The van der Waals surface area contributed by atoms with E-state index in [9.17, 15) is 14.9 Å². The first-order valence-electron chi connectivity index (χ1n) is 4.82. The largest absolute Gasteiger partial charge is 0.341 e. The lowest BCUT2D eigenvalue weighted by molar-refractivity contribution is -0.385. The summed E-state index contributed by atoms with van der Waals surface area (Å²) in [5.74, 6) is -0.431. The highest BCUT2D eigenvalue weighted by Gasteiger charge is 2.28. The number of nitro benzene ring substituents is 1. The average Bonchev–Trinajstić information content (AvgIpc) is 2.60. The smallest absolute Gasteiger partial charge is 0.329 e. The van der Waals surface area contributed by atoms with E-state index < -0.39 is 10.9 Å². The molecule has 0 aromatic heterocycles. The van der Waals surface area contributed by atoms with Crippen LogP contribution in [0.15, 0.2) is 18.2 Å². The van der Waals surface area contributed by atoms with Crippen LogP contribution in [-0.2, 0) is 16.1 Å². The molecule has 6 heteroatoms. The minimum Gasteiger partial charge on any atom is -0.341 e. The first-order chi connectivity index (χ1) is 7.59. The molecule has 0 bridgehead atoms. The molecule has 1 aliphatic rings. The van der Waals surface area contributed by atoms with Gasteiger partial charge in [-0.15, -0.1) is 0 Å². The second-order valence-electron chi connectivity index (χ2n) is 3.47. The number of anilines is 1. The summed E-state index contributed by atoms with van der Waals surface area (Å²) in [6.07, 6.45) is 0.514. The van der Waals surface area contributed by atoms with Crippen molar-refractivity contribution in [2.24, 2.45) is 0 Å². The Morgan fingerprint density at radius 1 is 1.56 bits per heavy atom. The summed E-state index contributed by atoms with van der Waals surface area (Å²) in [6, 6.07) is 4.74. The Morgan fingerprint density at radius 3 is 2.94 bits per heavy atom. The summed E-state index contributed by atoms with van der Waals surface area (Å²) in [6.45, 7) is 1.76. The molecule has 16 heavy (non-hydrogen) atoms. The van der Waals surface area contributed by atoms with Gasteiger partial charge in [-0.25, -0.2) is 5.06 Å². The highest BCUT2D eigenvalue weighted by atomic mass is 16.7. The summed E-state index contributed by atoms with van der Waals surface area (Å²) < 4.78 is 0. The molecule has 1 aromatic carbocycles. The van der Waals surface area contributed by atoms with Crippen LogP contribution in [0.4, 0.5) is 11.4 Å². The van der Waals surface area contributed by atoms with Gasteiger partial charge in [0.25, 0.3) is 5.69 Å². The minimum atomic E-state index is -0.431. The van der Waals surface area contributed by atoms with Crippen LogP contribution in [0.2, 0.25) is 0 Å². The van der Waals surface area contributed by atoms with Crippen molar-refractivity contribution in [2.75, 3.05) is 11.6 Å². The summed E-state index contributed by atoms with van der Waals surface area (Å²) in [5.41, 5.74) is 1.30. The lowest BCUT2D eigenvalue weighted by atomic mass is 10.1. The predicted molar refractivity (Wildman–Crippen MR) is 55.9 cm³/mol. The molecule has 2 rings (SSSR count). The van der Waals surface area contributed by atoms with Crippen LogP contribution in [0.5, 0.6) is 0 Å². The molecule has 84 valence electrons. The zero-order valence-corrected chi connectivity index (χ0v) is 8.67. The molecule has 0 saturated carbocycles. The Hall–Kier alpha value is -2.11. The van der Waals surface area contributed by atoms with Gasteiger partial charge in [0.15, 0.2) is 0 Å². The van der Waals surface area contributed by atoms with Crippen LogP contribution in [0.25, 0.3) is 0 Å². The minimum absolute atomic E-state index is 0.0761. The molecule has 0 atom stereocenters. The second-order valence-corrected chi connectivity index (χ2v) is 3.47. The molecule has 0 N–H and O–H groups in total. The molecular weight excluding hydrogens is 212 g/mol. The van der Waals surface area contributed by atoms with Gasteiger partial charge < -0.3 is 4.84 Å². The third-order valence-corrected chi connectivity index (χ3v) is 2.40. The van der Waals surface area contributed by atoms with Crippen LogP contribution in [0.3, 0.4) is 0 Å². The van der Waals surface area contributed by atoms with E-state index in [1.54, 1.807) is 12.1 Å². The lowest BCUT2D eigenvalue weighted by Crippen LogP contribution is -2.23. The van der Waals surface area contributed by atoms with Crippen LogP contribution in [0.1, 0.15) is 12.5 Å². The number of carbonyl (C=O) groups excluding carboxylic acids is 1. The first-order valence-corrected chi connectivity index (χ1v) is 4.82. The molecule has 0 fully saturated rings. The van der Waals surface area contributed by atoms with Crippen molar-refractivity contribution in [3.63, 3.8) is 0 Å². The van der Waals surface area contributed by atoms with Crippen molar-refractivity contribution < 1.29 is 14.6 Å². The van der Waals surface area contributed by atoms with Gasteiger partial charge in [0.05, 0.1) is 22.7 Å². The number of hydrogen-bond donors (Lipinski definition) is 0. The monoisotopic (exact) mass is 222 g/mol. The van der Waals surface area contributed by atoms with Gasteiger partial charge in [0.1, 0.15) is 0 Å². The molecule has 1 heterocycles. The number of nitro groups is 1. The highest BCUT2D eigenvalue weighted by molar-refractivity contribution is 5.71. The normalized spacial score (nSPS) is 13.4. The highest BCUT2D eigenvalue weighted by Crippen LogP contribution is 2.34. The van der Waals surface area contributed by atoms with Gasteiger partial charge in [-0.1, -0.05) is 6.07 Å². The average molecular weight is 222 g/mol. The Labute approximate surface area is 91.5 Å². The number of nitrogens with zero attached hydrogens (tertiary/aromatic N) is 2. The van der Waals surface area contributed by atoms with Crippen molar-refractivity contribution in [3.05, 3.63) is 33.9 Å². The maximum absolute atomic E-state index is 10.8. The topological polar surface area (TPSA) is 72.7 Å². The van der Waals surface area contributed by atoms with Crippen LogP contribution in [0, 0.1) is 10.1 Å². The van der Waals surface area contributed by atoms with E-state index in [1.807, 2.05) is 0 Å². The summed E-state index contributed by atoms with van der Waals surface area (Å²) in [7, 11) is 0. The number of rotatable bonds is 2. The van der Waals surface area contributed by atoms with Gasteiger partial charge in [-0.05, 0) is 6.07 Å². The van der Waals surface area contributed by atoms with Crippen molar-refractivity contribution in [1.29, 1.82) is 0 Å². The first kappa shape index (κ1) is 10.4. The lowest BCUT2D eigenvalue weighted by Gasteiger charge is -2.16. The molecule has 0 saturated heterocycles. The van der Waals surface area contributed by atoms with Crippen molar-refractivity contribution in [2.45, 2.75) is 13.3 Å². The van der Waals surface area contributed by atoms with E-state index in [2.05, 4.69) is 0 Å². The molecule has 1 aromatic rings. The van der Waals surface area contributed by atoms with Crippen molar-refractivity contribution in [1.82, 2.24) is 0 Å². The molecule has 0 aliphatic carbocycles. The van der Waals surface area contributed by atoms with Crippen LogP contribution < -0.4 is 5.06 Å². The van der Waals surface area contributed by atoms with E-state index in [-0.39, 0.29) is 5.69 Å². The zero-order valence-electron chi connectivity index (χ0n) is 8.67. The standard InChI is InChI=1S/C10H10N2O4/c1-7(13)16-11-6-5-8-9(11)3-2-4-10(8)12(14)15/h2-4H,5-6H2,1H3. The summed E-state index contributed by atoms with van der Waals surface area (Å²) >= 11 is 0. The van der Waals surface area contributed by atoms with Gasteiger partial charge in [-0.2, -0.15) is 0 Å². The third kappa shape index (κ3) is 1.69. The molecule has 1 aliphatic heterocycles. The summed E-state index contributed by atoms with van der Waals surface area (Å²) in [5, 5.41) is 12.2. The fraction of sp³-hybridized carbons (Fsp3) is 0.300. The SMILES string of the molecule is CC(=O)ON1CCc2c1cccc2[N+](=O)[O-]. The maximum Gasteiger partial charge on any atom is 0.329 e. The van der Waals surface area contributed by atoms with E-state index >= 15 is 0 Å². The zero-order chi connectivity index (χ0) is 11.7. The maximum atomic E-state index is 10.8. The van der Waals surface area contributed by atoms with Gasteiger partial charge >= 0.3 is 5.97 Å². The van der Waals surface area contributed by atoms with E-state index in [0.717, 1.165) is 0 Å². The molecule has 6 nitrogen and oxygen atoms in total. The number of carbonyl (C=O) groups is 1. The quantitative estimate of drug-likeness (QED) is 0.559. The van der Waals surface area contributed by atoms with Crippen molar-refractivity contribution >= 4 is 17.3 Å².